The maximum absolute atomic E-state index is 12.6. The van der Waals surface area contributed by atoms with Crippen molar-refractivity contribution in [3.05, 3.63) is 23.9 Å². The van der Waals surface area contributed by atoms with Crippen LogP contribution in [0.5, 0.6) is 0 Å². The van der Waals surface area contributed by atoms with Crippen molar-refractivity contribution in [3.8, 4) is 0 Å². The maximum Gasteiger partial charge on any atom is 0.272 e. The molecule has 1 aromatic rings. The number of aromatic nitrogens is 1. The molecule has 5 heteroatoms. The molecule has 2 fully saturated rings. The van der Waals surface area contributed by atoms with E-state index in [9.17, 15) is 4.79 Å². The molecule has 1 aromatic heterocycles. The predicted octanol–water partition coefficient (Wildman–Crippen LogP) is 1.79. The van der Waals surface area contributed by atoms with Gasteiger partial charge < -0.3 is 14.5 Å². The fourth-order valence-electron chi connectivity index (χ4n) is 2.88. The highest BCUT2D eigenvalue weighted by molar-refractivity contribution is 5.92. The summed E-state index contributed by atoms with van der Waals surface area (Å²) >= 11 is 0. The number of rotatable bonds is 2. The van der Waals surface area contributed by atoms with Crippen molar-refractivity contribution in [1.82, 2.24) is 9.88 Å². The lowest BCUT2D eigenvalue weighted by molar-refractivity contribution is 0.0691. The molecule has 0 aromatic carbocycles. The van der Waals surface area contributed by atoms with Crippen LogP contribution in [0.4, 0.5) is 5.82 Å². The average Bonchev–Trinajstić information content (AvgIpc) is 2.56. The number of amides is 1. The number of hydrogen-bond donors (Lipinski definition) is 0. The van der Waals surface area contributed by atoms with Crippen LogP contribution in [-0.2, 0) is 4.74 Å². The van der Waals surface area contributed by atoms with Gasteiger partial charge in [-0.1, -0.05) is 13.0 Å². The minimum absolute atomic E-state index is 0.0667. The minimum Gasteiger partial charge on any atom is -0.378 e. The molecule has 21 heavy (non-hydrogen) atoms. The first-order valence-corrected chi connectivity index (χ1v) is 7.83. The van der Waals surface area contributed by atoms with Crippen molar-refractivity contribution in [2.45, 2.75) is 19.8 Å². The van der Waals surface area contributed by atoms with E-state index in [4.69, 9.17) is 4.74 Å². The van der Waals surface area contributed by atoms with Gasteiger partial charge in [0.05, 0.1) is 13.2 Å². The number of anilines is 1. The molecular weight excluding hydrogens is 266 g/mol. The van der Waals surface area contributed by atoms with Gasteiger partial charge in [-0.3, -0.25) is 4.79 Å². The Balaban J connectivity index is 1.71. The molecule has 114 valence electrons. The summed E-state index contributed by atoms with van der Waals surface area (Å²) in [5.74, 6) is 1.67. The third-order valence-corrected chi connectivity index (χ3v) is 4.36. The summed E-state index contributed by atoms with van der Waals surface area (Å²) in [6.45, 7) is 7.08. The third-order valence-electron chi connectivity index (χ3n) is 4.36. The highest BCUT2D eigenvalue weighted by Gasteiger charge is 2.23. The molecule has 0 saturated carbocycles. The van der Waals surface area contributed by atoms with E-state index in [0.717, 1.165) is 64.0 Å². The SMILES string of the molecule is CC1CCN(C(=O)c2cccc(N3CCOCC3)n2)CC1. The Bertz CT molecular complexity index is 492. The Kier molecular flexibility index (Phi) is 4.39. The lowest BCUT2D eigenvalue weighted by atomic mass is 9.99. The molecule has 0 radical (unpaired) electrons. The predicted molar refractivity (Wildman–Crippen MR) is 81.6 cm³/mol. The van der Waals surface area contributed by atoms with Crippen molar-refractivity contribution >= 4 is 11.7 Å². The Hall–Kier alpha value is -1.62. The summed E-state index contributed by atoms with van der Waals surface area (Å²) < 4.78 is 5.36. The number of nitrogens with zero attached hydrogens (tertiary/aromatic N) is 3. The van der Waals surface area contributed by atoms with E-state index in [1.54, 1.807) is 0 Å². The Labute approximate surface area is 125 Å². The fourth-order valence-corrected chi connectivity index (χ4v) is 2.88. The summed E-state index contributed by atoms with van der Waals surface area (Å²) in [4.78, 5) is 21.2. The smallest absolute Gasteiger partial charge is 0.272 e. The first kappa shape index (κ1) is 14.3. The van der Waals surface area contributed by atoms with E-state index in [-0.39, 0.29) is 5.91 Å². The number of morpholine rings is 1. The summed E-state index contributed by atoms with van der Waals surface area (Å²) in [7, 11) is 0. The fraction of sp³-hybridized carbons (Fsp3) is 0.625. The van der Waals surface area contributed by atoms with Crippen LogP contribution in [0.3, 0.4) is 0 Å². The van der Waals surface area contributed by atoms with Gasteiger partial charge in [-0.2, -0.15) is 0 Å². The number of carbonyl (C=O) groups excluding carboxylic acids is 1. The van der Waals surface area contributed by atoms with E-state index in [0.29, 0.717) is 5.69 Å². The quantitative estimate of drug-likeness (QED) is 0.833. The second kappa shape index (κ2) is 6.43. The van der Waals surface area contributed by atoms with E-state index < -0.39 is 0 Å². The largest absolute Gasteiger partial charge is 0.378 e. The standard InChI is InChI=1S/C16H23N3O2/c1-13-5-7-19(8-6-13)16(20)14-3-2-4-15(17-14)18-9-11-21-12-10-18/h2-4,13H,5-12H2,1H3. The first-order valence-electron chi connectivity index (χ1n) is 7.83. The first-order chi connectivity index (χ1) is 10.2. The Morgan fingerprint density at radius 1 is 1.19 bits per heavy atom. The van der Waals surface area contributed by atoms with Crippen molar-refractivity contribution < 1.29 is 9.53 Å². The molecule has 0 aliphatic carbocycles. The number of piperidine rings is 1. The minimum atomic E-state index is 0.0667. The number of likely N-dealkylation sites (tertiary alicyclic amines) is 1. The van der Waals surface area contributed by atoms with Gasteiger partial charge in [0.15, 0.2) is 0 Å². The second-order valence-corrected chi connectivity index (χ2v) is 5.96. The van der Waals surface area contributed by atoms with Crippen LogP contribution in [0.1, 0.15) is 30.3 Å². The van der Waals surface area contributed by atoms with Crippen LogP contribution >= 0.6 is 0 Å². The summed E-state index contributed by atoms with van der Waals surface area (Å²) in [5, 5.41) is 0. The summed E-state index contributed by atoms with van der Waals surface area (Å²) in [6.07, 6.45) is 2.18. The lowest BCUT2D eigenvalue weighted by Crippen LogP contribution is -2.39. The van der Waals surface area contributed by atoms with Gasteiger partial charge in [0, 0.05) is 26.2 Å². The van der Waals surface area contributed by atoms with Crippen molar-refractivity contribution in [1.29, 1.82) is 0 Å². The van der Waals surface area contributed by atoms with Crippen LogP contribution in [-0.4, -0.2) is 55.2 Å². The molecule has 0 spiro atoms. The average molecular weight is 289 g/mol. The van der Waals surface area contributed by atoms with Gasteiger partial charge in [-0.05, 0) is 30.9 Å². The normalized spacial score (nSPS) is 20.6. The second-order valence-electron chi connectivity index (χ2n) is 5.96. The number of hydrogen-bond acceptors (Lipinski definition) is 4. The van der Waals surface area contributed by atoms with E-state index in [2.05, 4.69) is 16.8 Å². The van der Waals surface area contributed by atoms with Gasteiger partial charge in [-0.25, -0.2) is 4.98 Å². The van der Waals surface area contributed by atoms with Crippen LogP contribution in [0.25, 0.3) is 0 Å². The van der Waals surface area contributed by atoms with Crippen LogP contribution in [0, 0.1) is 5.92 Å². The molecule has 3 rings (SSSR count). The molecule has 0 N–H and O–H groups in total. The van der Waals surface area contributed by atoms with Gasteiger partial charge in [0.25, 0.3) is 5.91 Å². The molecular formula is C16H23N3O2. The molecule has 0 unspecified atom stereocenters. The zero-order chi connectivity index (χ0) is 14.7. The van der Waals surface area contributed by atoms with Crippen molar-refractivity contribution in [2.75, 3.05) is 44.3 Å². The van der Waals surface area contributed by atoms with E-state index in [1.807, 2.05) is 23.1 Å². The molecule has 2 aliphatic heterocycles. The number of carbonyl (C=O) groups is 1. The summed E-state index contributed by atoms with van der Waals surface area (Å²) in [6, 6.07) is 5.72. The summed E-state index contributed by atoms with van der Waals surface area (Å²) in [5.41, 5.74) is 0.563. The van der Waals surface area contributed by atoms with Gasteiger partial charge >= 0.3 is 0 Å². The Morgan fingerprint density at radius 2 is 1.90 bits per heavy atom. The highest BCUT2D eigenvalue weighted by atomic mass is 16.5. The van der Waals surface area contributed by atoms with Crippen LogP contribution in [0.15, 0.2) is 18.2 Å². The molecule has 3 heterocycles. The third kappa shape index (κ3) is 3.35. The Morgan fingerprint density at radius 3 is 2.62 bits per heavy atom. The van der Waals surface area contributed by atoms with Gasteiger partial charge in [-0.15, -0.1) is 0 Å². The van der Waals surface area contributed by atoms with Crippen LogP contribution < -0.4 is 4.90 Å². The highest BCUT2D eigenvalue weighted by Crippen LogP contribution is 2.19. The monoisotopic (exact) mass is 289 g/mol. The van der Waals surface area contributed by atoms with E-state index in [1.165, 1.54) is 0 Å². The topological polar surface area (TPSA) is 45.7 Å². The van der Waals surface area contributed by atoms with Crippen LogP contribution in [0.2, 0.25) is 0 Å². The molecule has 2 saturated heterocycles. The molecule has 0 bridgehead atoms. The number of pyridine rings is 1. The number of ether oxygens (including phenoxy) is 1. The van der Waals surface area contributed by atoms with Gasteiger partial charge in [0.2, 0.25) is 0 Å². The zero-order valence-electron chi connectivity index (χ0n) is 12.6. The van der Waals surface area contributed by atoms with Gasteiger partial charge in [0.1, 0.15) is 11.5 Å². The lowest BCUT2D eigenvalue weighted by Gasteiger charge is -2.31. The molecule has 2 aliphatic rings. The van der Waals surface area contributed by atoms with Crippen molar-refractivity contribution in [2.24, 2.45) is 5.92 Å². The molecule has 0 atom stereocenters. The molecule has 5 nitrogen and oxygen atoms in total. The van der Waals surface area contributed by atoms with E-state index >= 15 is 0 Å². The van der Waals surface area contributed by atoms with Crippen molar-refractivity contribution in [3.63, 3.8) is 0 Å². The molecule has 1 amide bonds. The zero-order valence-corrected chi connectivity index (χ0v) is 12.6. The maximum atomic E-state index is 12.6.